The van der Waals surface area contributed by atoms with Gasteiger partial charge < -0.3 is 9.80 Å². The number of aryl methyl sites for hydroxylation is 4. The molecule has 0 atom stereocenters. The van der Waals surface area contributed by atoms with Crippen molar-refractivity contribution in [3.8, 4) is 11.1 Å². The largest absolute Gasteiger partial charge is 0.311 e. The topological polar surface area (TPSA) is 6.48 Å². The molecular weight excluding hydrogens is 519 g/mol. The highest BCUT2D eigenvalue weighted by Crippen LogP contribution is 2.45. The molecule has 6 aromatic carbocycles. The number of rotatable bonds is 3. The van der Waals surface area contributed by atoms with E-state index in [1.165, 1.54) is 83.9 Å². The van der Waals surface area contributed by atoms with Gasteiger partial charge in [-0.05, 0) is 120 Å². The van der Waals surface area contributed by atoms with Crippen LogP contribution < -0.4 is 26.2 Å². The highest BCUT2D eigenvalue weighted by molar-refractivity contribution is 7.00. The number of fused-ring (bicyclic) bond motifs is 4. The van der Waals surface area contributed by atoms with Crippen molar-refractivity contribution in [3.05, 3.63) is 150 Å². The predicted octanol–water partition coefficient (Wildman–Crippen LogP) is 8.67. The molecule has 8 rings (SSSR count). The Kier molecular flexibility index (Phi) is 5.84. The van der Waals surface area contributed by atoms with E-state index in [0.717, 1.165) is 0 Å². The first-order valence-electron chi connectivity index (χ1n) is 15.2. The van der Waals surface area contributed by atoms with Crippen LogP contribution in [0.25, 0.3) is 11.1 Å². The van der Waals surface area contributed by atoms with Gasteiger partial charge >= 0.3 is 0 Å². The summed E-state index contributed by atoms with van der Waals surface area (Å²) < 4.78 is 0. The van der Waals surface area contributed by atoms with E-state index in [9.17, 15) is 0 Å². The average Bonchev–Trinajstić information content (AvgIpc) is 3.01. The molecule has 0 aliphatic carbocycles. The van der Waals surface area contributed by atoms with Crippen molar-refractivity contribution >= 4 is 57.2 Å². The second-order valence-electron chi connectivity index (χ2n) is 12.1. The van der Waals surface area contributed by atoms with Gasteiger partial charge in [-0.25, -0.2) is 0 Å². The Bertz CT molecular complexity index is 1990. The first-order valence-corrected chi connectivity index (χ1v) is 15.2. The van der Waals surface area contributed by atoms with Crippen LogP contribution in [0.4, 0.5) is 34.1 Å². The third kappa shape index (κ3) is 3.95. The molecule has 0 radical (unpaired) electrons. The summed E-state index contributed by atoms with van der Waals surface area (Å²) in [6, 6.07) is 47.2. The summed E-state index contributed by atoms with van der Waals surface area (Å²) in [4.78, 5) is 4.94. The third-order valence-corrected chi connectivity index (χ3v) is 9.11. The van der Waals surface area contributed by atoms with Crippen molar-refractivity contribution < 1.29 is 0 Å². The molecule has 0 saturated heterocycles. The lowest BCUT2D eigenvalue weighted by Gasteiger charge is -2.44. The van der Waals surface area contributed by atoms with Gasteiger partial charge in [-0.15, -0.1) is 0 Å². The molecule has 2 nitrogen and oxygen atoms in total. The molecular formula is C40H33BN2. The van der Waals surface area contributed by atoms with Crippen LogP contribution in [-0.4, -0.2) is 6.71 Å². The Hall–Kier alpha value is -5.02. The summed E-state index contributed by atoms with van der Waals surface area (Å²) in [5.41, 5.74) is 19.2. The second kappa shape index (κ2) is 9.78. The predicted molar refractivity (Wildman–Crippen MR) is 185 cm³/mol. The zero-order chi connectivity index (χ0) is 29.2. The van der Waals surface area contributed by atoms with Crippen molar-refractivity contribution in [2.75, 3.05) is 9.80 Å². The molecule has 2 aliphatic heterocycles. The lowest BCUT2D eigenvalue weighted by atomic mass is 9.33. The van der Waals surface area contributed by atoms with Crippen LogP contribution in [0.1, 0.15) is 22.3 Å². The summed E-state index contributed by atoms with van der Waals surface area (Å²) in [5.74, 6) is 0. The van der Waals surface area contributed by atoms with Gasteiger partial charge in [0.2, 0.25) is 0 Å². The fourth-order valence-corrected chi connectivity index (χ4v) is 7.59. The third-order valence-electron chi connectivity index (χ3n) is 9.11. The number of hydrogen-bond acceptors (Lipinski definition) is 2. The summed E-state index contributed by atoms with van der Waals surface area (Å²) in [5, 5.41) is 0. The van der Waals surface area contributed by atoms with Gasteiger partial charge in [-0.1, -0.05) is 84.4 Å². The lowest BCUT2D eigenvalue weighted by Crippen LogP contribution is -2.61. The maximum atomic E-state index is 2.48. The molecule has 0 bridgehead atoms. The molecule has 0 fully saturated rings. The quantitative estimate of drug-likeness (QED) is 0.202. The molecule has 206 valence electrons. The fourth-order valence-electron chi connectivity index (χ4n) is 7.59. The summed E-state index contributed by atoms with van der Waals surface area (Å²) in [7, 11) is 0. The van der Waals surface area contributed by atoms with E-state index in [1.807, 2.05) is 0 Å². The zero-order valence-electron chi connectivity index (χ0n) is 25.1. The van der Waals surface area contributed by atoms with Crippen LogP contribution >= 0.6 is 0 Å². The molecule has 0 saturated carbocycles. The maximum absolute atomic E-state index is 2.48. The second-order valence-corrected chi connectivity index (χ2v) is 12.1. The lowest BCUT2D eigenvalue weighted by molar-refractivity contribution is 1.24. The molecule has 0 amide bonds. The summed E-state index contributed by atoms with van der Waals surface area (Å²) in [6.07, 6.45) is 0. The molecule has 43 heavy (non-hydrogen) atoms. The zero-order valence-corrected chi connectivity index (χ0v) is 25.1. The van der Waals surface area contributed by atoms with Crippen molar-refractivity contribution in [1.29, 1.82) is 0 Å². The minimum atomic E-state index is 0.114. The van der Waals surface area contributed by atoms with Gasteiger partial charge in [0.15, 0.2) is 0 Å². The van der Waals surface area contributed by atoms with E-state index in [2.05, 4.69) is 165 Å². The molecule has 0 aromatic heterocycles. The highest BCUT2D eigenvalue weighted by Gasteiger charge is 2.43. The van der Waals surface area contributed by atoms with Gasteiger partial charge in [0.05, 0.1) is 0 Å². The molecule has 2 aliphatic rings. The van der Waals surface area contributed by atoms with E-state index in [1.54, 1.807) is 0 Å². The van der Waals surface area contributed by atoms with Crippen LogP contribution in [0.2, 0.25) is 0 Å². The maximum Gasteiger partial charge on any atom is 0.252 e. The van der Waals surface area contributed by atoms with Gasteiger partial charge in [0.1, 0.15) is 0 Å². The van der Waals surface area contributed by atoms with E-state index < -0.39 is 0 Å². The van der Waals surface area contributed by atoms with Crippen LogP contribution in [0, 0.1) is 27.7 Å². The van der Waals surface area contributed by atoms with E-state index >= 15 is 0 Å². The monoisotopic (exact) mass is 552 g/mol. The smallest absolute Gasteiger partial charge is 0.252 e. The minimum Gasteiger partial charge on any atom is -0.311 e. The molecule has 3 heteroatoms. The van der Waals surface area contributed by atoms with Crippen LogP contribution in [0.15, 0.2) is 127 Å². The molecule has 0 unspecified atom stereocenters. The van der Waals surface area contributed by atoms with E-state index in [0.29, 0.717) is 0 Å². The first kappa shape index (κ1) is 25.7. The van der Waals surface area contributed by atoms with Crippen molar-refractivity contribution in [2.45, 2.75) is 27.7 Å². The highest BCUT2D eigenvalue weighted by atomic mass is 15.2. The van der Waals surface area contributed by atoms with Crippen LogP contribution in [0.3, 0.4) is 0 Å². The normalized spacial score (nSPS) is 13.0. The SMILES string of the molecule is Cc1cc(C)c(-c2ccc3c(c2)B2c4ccccc4N(c4ccccc4)c4cc(C)cc(c42)N3c2ccccc2)c(C)c1. The van der Waals surface area contributed by atoms with Gasteiger partial charge in [-0.3, -0.25) is 0 Å². The van der Waals surface area contributed by atoms with Gasteiger partial charge in [0, 0.05) is 34.1 Å². The first-order chi connectivity index (χ1) is 21.0. The number of nitrogens with zero attached hydrogens (tertiary/aromatic N) is 2. The van der Waals surface area contributed by atoms with Crippen molar-refractivity contribution in [2.24, 2.45) is 0 Å². The Balaban J connectivity index is 1.47. The Labute approximate surface area is 255 Å². The average molecular weight is 553 g/mol. The summed E-state index contributed by atoms with van der Waals surface area (Å²) in [6.45, 7) is 9.01. The minimum absolute atomic E-state index is 0.114. The van der Waals surface area contributed by atoms with Gasteiger partial charge in [0.25, 0.3) is 6.71 Å². The van der Waals surface area contributed by atoms with E-state index in [4.69, 9.17) is 0 Å². The van der Waals surface area contributed by atoms with Crippen molar-refractivity contribution in [3.63, 3.8) is 0 Å². The number of para-hydroxylation sites is 3. The summed E-state index contributed by atoms with van der Waals surface area (Å²) >= 11 is 0. The molecule has 0 N–H and O–H groups in total. The molecule has 0 spiro atoms. The Morgan fingerprint density at radius 1 is 0.442 bits per heavy atom. The standard InChI is InChI=1S/C40H33BN2/c1-26-21-28(3)39(29(4)22-26)30-19-20-36-34(25-30)41-33-17-11-12-18-35(33)42(31-13-7-5-8-14-31)37-23-27(2)24-38(40(37)41)43(36)32-15-9-6-10-16-32/h5-25H,1-4H3. The van der Waals surface area contributed by atoms with E-state index in [-0.39, 0.29) is 6.71 Å². The molecule has 6 aromatic rings. The van der Waals surface area contributed by atoms with Gasteiger partial charge in [-0.2, -0.15) is 0 Å². The fraction of sp³-hybridized carbons (Fsp3) is 0.100. The number of hydrogen-bond donors (Lipinski definition) is 0. The number of anilines is 6. The molecule has 2 heterocycles. The number of benzene rings is 6. The van der Waals surface area contributed by atoms with Crippen molar-refractivity contribution in [1.82, 2.24) is 0 Å². The Morgan fingerprint density at radius 2 is 0.953 bits per heavy atom. The van der Waals surface area contributed by atoms with Crippen LogP contribution in [-0.2, 0) is 0 Å². The van der Waals surface area contributed by atoms with Crippen LogP contribution in [0.5, 0.6) is 0 Å². The Morgan fingerprint density at radius 3 is 1.56 bits per heavy atom.